The molecule has 0 spiro atoms. The Balaban J connectivity index is 1.51. The molecule has 2 heterocycles. The lowest BCUT2D eigenvalue weighted by atomic mass is 9.99. The number of nitrogens with zero attached hydrogens (tertiary/aromatic N) is 3. The number of ether oxygens (including phenoxy) is 1. The van der Waals surface area contributed by atoms with Crippen molar-refractivity contribution in [1.29, 1.82) is 0 Å². The molecule has 1 aromatic heterocycles. The molecule has 0 radical (unpaired) electrons. The van der Waals surface area contributed by atoms with Crippen molar-refractivity contribution in [3.8, 4) is 16.9 Å². The zero-order valence-electron chi connectivity index (χ0n) is 20.1. The summed E-state index contributed by atoms with van der Waals surface area (Å²) in [5.41, 5.74) is 3.40. The summed E-state index contributed by atoms with van der Waals surface area (Å²) >= 11 is 0. The van der Waals surface area contributed by atoms with Crippen LogP contribution in [0, 0.1) is 5.92 Å². The number of amides is 1. The molecule has 0 bridgehead atoms. The highest BCUT2D eigenvalue weighted by Gasteiger charge is 2.23. The molecule has 6 nitrogen and oxygen atoms in total. The summed E-state index contributed by atoms with van der Waals surface area (Å²) < 4.78 is 6.94. The van der Waals surface area contributed by atoms with Crippen LogP contribution in [0.15, 0.2) is 72.8 Å². The fraction of sp³-hybridized carbons (Fsp3) is 0.276. The molecule has 4 aromatic rings. The molecule has 0 aliphatic carbocycles. The average Bonchev–Trinajstić information content (AvgIpc) is 3.34. The van der Waals surface area contributed by atoms with E-state index >= 15 is 0 Å². The monoisotopic (exact) mass is 467 g/mol. The third kappa shape index (κ3) is 4.69. The number of fused-ring (bicyclic) bond motifs is 1. The van der Waals surface area contributed by atoms with Gasteiger partial charge in [0.1, 0.15) is 0 Å². The number of likely N-dealkylation sites (tertiary alicyclic amines) is 1. The second kappa shape index (κ2) is 9.74. The number of carbonyl (C=O) groups excluding carboxylic acids is 2. The van der Waals surface area contributed by atoms with Gasteiger partial charge in [0.15, 0.2) is 5.69 Å². The van der Waals surface area contributed by atoms with Gasteiger partial charge >= 0.3 is 5.97 Å². The standard InChI is InChI=1S/C29H29N3O3/c1-3-35-29(34)26-18-27(24-11-10-21-8-4-5-9-23(21)17-24)32(30-26)25-14-12-22(13-15-25)28(33)31-16-6-7-20(2)19-31/h4-5,8-15,17-18,20H,3,6-7,16,19H2,1-2H3. The van der Waals surface area contributed by atoms with Gasteiger partial charge < -0.3 is 9.64 Å². The smallest absolute Gasteiger partial charge is 0.358 e. The summed E-state index contributed by atoms with van der Waals surface area (Å²) in [4.78, 5) is 27.4. The van der Waals surface area contributed by atoms with Crippen LogP contribution in [0.4, 0.5) is 0 Å². The van der Waals surface area contributed by atoms with Crippen LogP contribution in [0.5, 0.6) is 0 Å². The zero-order valence-corrected chi connectivity index (χ0v) is 20.1. The maximum atomic E-state index is 13.0. The van der Waals surface area contributed by atoms with Gasteiger partial charge in [-0.1, -0.05) is 43.3 Å². The zero-order chi connectivity index (χ0) is 24.4. The topological polar surface area (TPSA) is 64.4 Å². The Morgan fingerprint density at radius 1 is 1.00 bits per heavy atom. The van der Waals surface area contributed by atoms with Gasteiger partial charge in [0.2, 0.25) is 0 Å². The molecule has 6 heteroatoms. The lowest BCUT2D eigenvalue weighted by molar-refractivity contribution is 0.0518. The molecule has 0 N–H and O–H groups in total. The highest BCUT2D eigenvalue weighted by atomic mass is 16.5. The molecule has 1 saturated heterocycles. The summed E-state index contributed by atoms with van der Waals surface area (Å²) in [5.74, 6) is 0.131. The lowest BCUT2D eigenvalue weighted by Gasteiger charge is -2.31. The van der Waals surface area contributed by atoms with Gasteiger partial charge in [0.05, 0.1) is 18.0 Å². The van der Waals surface area contributed by atoms with E-state index in [0.29, 0.717) is 11.5 Å². The Morgan fingerprint density at radius 2 is 1.77 bits per heavy atom. The van der Waals surface area contributed by atoms with Gasteiger partial charge in [-0.05, 0) is 72.9 Å². The number of rotatable bonds is 5. The van der Waals surface area contributed by atoms with E-state index in [9.17, 15) is 9.59 Å². The van der Waals surface area contributed by atoms with Gasteiger partial charge in [0, 0.05) is 24.2 Å². The molecular formula is C29H29N3O3. The Morgan fingerprint density at radius 3 is 2.51 bits per heavy atom. The molecule has 3 aromatic carbocycles. The third-order valence-corrected chi connectivity index (χ3v) is 6.54. The molecule has 1 unspecified atom stereocenters. The number of hydrogen-bond acceptors (Lipinski definition) is 4. The van der Waals surface area contributed by atoms with E-state index in [4.69, 9.17) is 4.74 Å². The Hall–Kier alpha value is -3.93. The Labute approximate surface area is 205 Å². The van der Waals surface area contributed by atoms with Crippen LogP contribution in [-0.2, 0) is 4.74 Å². The second-order valence-electron chi connectivity index (χ2n) is 9.15. The Bertz CT molecular complexity index is 1370. The van der Waals surface area contributed by atoms with Gasteiger partial charge in [-0.25, -0.2) is 9.48 Å². The number of hydrogen-bond donors (Lipinski definition) is 0. The van der Waals surface area contributed by atoms with E-state index in [1.807, 2.05) is 47.4 Å². The SMILES string of the molecule is CCOC(=O)c1cc(-c2ccc3ccccc3c2)n(-c2ccc(C(=O)N3CCCC(C)C3)cc2)n1. The fourth-order valence-corrected chi connectivity index (χ4v) is 4.74. The van der Waals surface area contributed by atoms with Gasteiger partial charge in [-0.15, -0.1) is 0 Å². The van der Waals surface area contributed by atoms with E-state index in [-0.39, 0.29) is 18.2 Å². The maximum Gasteiger partial charge on any atom is 0.358 e. The van der Waals surface area contributed by atoms with Crippen molar-refractivity contribution >= 4 is 22.6 Å². The minimum absolute atomic E-state index is 0.0607. The molecule has 1 aliphatic heterocycles. The summed E-state index contributed by atoms with van der Waals surface area (Å²) in [7, 11) is 0. The van der Waals surface area contributed by atoms with Crippen LogP contribution in [0.3, 0.4) is 0 Å². The van der Waals surface area contributed by atoms with Gasteiger partial charge in [0.25, 0.3) is 5.91 Å². The molecule has 1 atom stereocenters. The van der Waals surface area contributed by atoms with Crippen LogP contribution >= 0.6 is 0 Å². The van der Waals surface area contributed by atoms with Crippen molar-refractivity contribution in [3.05, 3.63) is 84.1 Å². The lowest BCUT2D eigenvalue weighted by Crippen LogP contribution is -2.39. The van der Waals surface area contributed by atoms with Crippen LogP contribution in [0.2, 0.25) is 0 Å². The molecule has 0 saturated carbocycles. The first kappa shape index (κ1) is 22.8. The first-order valence-electron chi connectivity index (χ1n) is 12.2. The molecule has 35 heavy (non-hydrogen) atoms. The van der Waals surface area contributed by atoms with E-state index in [1.165, 1.54) is 6.42 Å². The number of esters is 1. The number of benzene rings is 3. The fourth-order valence-electron chi connectivity index (χ4n) is 4.74. The molecular weight excluding hydrogens is 438 g/mol. The number of carbonyl (C=O) groups is 2. The summed E-state index contributed by atoms with van der Waals surface area (Å²) in [6, 6.07) is 23.5. The summed E-state index contributed by atoms with van der Waals surface area (Å²) in [6.45, 7) is 5.85. The van der Waals surface area contributed by atoms with Crippen molar-refractivity contribution < 1.29 is 14.3 Å². The largest absolute Gasteiger partial charge is 0.461 e. The average molecular weight is 468 g/mol. The maximum absolute atomic E-state index is 13.0. The second-order valence-corrected chi connectivity index (χ2v) is 9.15. The van der Waals surface area contributed by atoms with Crippen LogP contribution in [-0.4, -0.2) is 46.3 Å². The van der Waals surface area contributed by atoms with Crippen LogP contribution in [0.1, 0.15) is 47.5 Å². The minimum atomic E-state index is -0.459. The first-order valence-corrected chi connectivity index (χ1v) is 12.2. The van der Waals surface area contributed by atoms with Crippen molar-refractivity contribution in [2.45, 2.75) is 26.7 Å². The molecule has 1 aliphatic rings. The predicted molar refractivity (Wildman–Crippen MR) is 137 cm³/mol. The first-order chi connectivity index (χ1) is 17.0. The molecule has 1 amide bonds. The summed E-state index contributed by atoms with van der Waals surface area (Å²) in [6.07, 6.45) is 2.21. The van der Waals surface area contributed by atoms with Crippen LogP contribution in [0.25, 0.3) is 27.7 Å². The number of piperidine rings is 1. The van der Waals surface area contributed by atoms with E-state index in [1.54, 1.807) is 17.7 Å². The molecule has 5 rings (SSSR count). The molecule has 1 fully saturated rings. The van der Waals surface area contributed by atoms with Crippen molar-refractivity contribution in [1.82, 2.24) is 14.7 Å². The third-order valence-electron chi connectivity index (χ3n) is 6.54. The highest BCUT2D eigenvalue weighted by molar-refractivity contribution is 5.95. The molecule has 178 valence electrons. The van der Waals surface area contributed by atoms with Crippen molar-refractivity contribution in [3.63, 3.8) is 0 Å². The number of aromatic nitrogens is 2. The normalized spacial score (nSPS) is 15.8. The highest BCUT2D eigenvalue weighted by Crippen LogP contribution is 2.28. The van der Waals surface area contributed by atoms with E-state index < -0.39 is 5.97 Å². The quantitative estimate of drug-likeness (QED) is 0.351. The van der Waals surface area contributed by atoms with E-state index in [2.05, 4.69) is 36.3 Å². The van der Waals surface area contributed by atoms with E-state index in [0.717, 1.165) is 47.2 Å². The van der Waals surface area contributed by atoms with Crippen LogP contribution < -0.4 is 0 Å². The van der Waals surface area contributed by atoms with Crippen molar-refractivity contribution in [2.75, 3.05) is 19.7 Å². The van der Waals surface area contributed by atoms with Gasteiger partial charge in [-0.2, -0.15) is 5.10 Å². The Kier molecular flexibility index (Phi) is 6.36. The van der Waals surface area contributed by atoms with Crippen molar-refractivity contribution in [2.24, 2.45) is 5.92 Å². The van der Waals surface area contributed by atoms with Gasteiger partial charge in [-0.3, -0.25) is 4.79 Å². The summed E-state index contributed by atoms with van der Waals surface area (Å²) in [5, 5.41) is 6.82. The minimum Gasteiger partial charge on any atom is -0.461 e. The predicted octanol–water partition coefficient (Wildman–Crippen LogP) is 5.74.